The molecule has 2 aromatic rings. The van der Waals surface area contributed by atoms with Crippen molar-refractivity contribution in [1.82, 2.24) is 14.5 Å². The Labute approximate surface area is 138 Å². The maximum Gasteiger partial charge on any atom is 0.326 e. The molecule has 1 N–H and O–H groups in total. The number of benzene rings is 1. The lowest BCUT2D eigenvalue weighted by Crippen LogP contribution is -2.40. The summed E-state index contributed by atoms with van der Waals surface area (Å²) in [5.41, 5.74) is 1.42. The second-order valence-corrected chi connectivity index (χ2v) is 6.22. The zero-order valence-corrected chi connectivity index (χ0v) is 13.4. The first kappa shape index (κ1) is 15.8. The summed E-state index contributed by atoms with van der Waals surface area (Å²) in [5.74, 6) is 0.00797. The Balaban J connectivity index is 1.75. The van der Waals surface area contributed by atoms with Crippen LogP contribution in [0.2, 0.25) is 5.02 Å². The average molecular weight is 336 g/mol. The number of hydrogen-bond donors (Lipinski definition) is 1. The summed E-state index contributed by atoms with van der Waals surface area (Å²) in [5, 5.41) is 0.585. The van der Waals surface area contributed by atoms with Crippen molar-refractivity contribution in [3.05, 3.63) is 33.7 Å². The molecule has 6 nitrogen and oxygen atoms in total. The molecule has 122 valence electrons. The van der Waals surface area contributed by atoms with Gasteiger partial charge in [0.05, 0.1) is 11.0 Å². The molecule has 0 unspecified atom stereocenters. The van der Waals surface area contributed by atoms with E-state index >= 15 is 0 Å². The molecule has 0 aliphatic carbocycles. The molecule has 7 heteroatoms. The van der Waals surface area contributed by atoms with E-state index in [1.165, 1.54) is 0 Å². The summed E-state index contributed by atoms with van der Waals surface area (Å²) >= 11 is 5.96. The summed E-state index contributed by atoms with van der Waals surface area (Å²) in [4.78, 5) is 39.2. The van der Waals surface area contributed by atoms with Crippen LogP contribution in [0.25, 0.3) is 11.0 Å². The van der Waals surface area contributed by atoms with Gasteiger partial charge in [-0.2, -0.15) is 0 Å². The molecule has 0 spiro atoms. The van der Waals surface area contributed by atoms with Crippen LogP contribution in [-0.4, -0.2) is 39.7 Å². The number of fused-ring (bicyclic) bond motifs is 1. The lowest BCUT2D eigenvalue weighted by atomic mass is 10.0. The number of likely N-dealkylation sites (tertiary alicyclic amines) is 1. The van der Waals surface area contributed by atoms with E-state index in [1.54, 1.807) is 21.6 Å². The molecule has 1 saturated heterocycles. The van der Waals surface area contributed by atoms with Gasteiger partial charge in [0, 0.05) is 37.0 Å². The van der Waals surface area contributed by atoms with E-state index in [9.17, 15) is 14.4 Å². The monoisotopic (exact) mass is 335 g/mol. The van der Waals surface area contributed by atoms with Crippen LogP contribution in [0.1, 0.15) is 31.7 Å². The maximum absolute atomic E-state index is 12.3. The number of nitrogens with zero attached hydrogens (tertiary/aromatic N) is 2. The van der Waals surface area contributed by atoms with E-state index in [-0.39, 0.29) is 30.5 Å². The van der Waals surface area contributed by atoms with Crippen LogP contribution in [0.15, 0.2) is 23.0 Å². The molecule has 0 radical (unpaired) electrons. The molecule has 23 heavy (non-hydrogen) atoms. The van der Waals surface area contributed by atoms with Crippen LogP contribution < -0.4 is 5.69 Å². The smallest absolute Gasteiger partial charge is 0.326 e. The number of halogens is 1. The minimum Gasteiger partial charge on any atom is -0.343 e. The molecular weight excluding hydrogens is 318 g/mol. The molecule has 1 fully saturated rings. The molecule has 0 bridgehead atoms. The van der Waals surface area contributed by atoms with Crippen LogP contribution in [-0.2, 0) is 9.59 Å². The number of carbonyl (C=O) groups excluding carboxylic acids is 2. The third kappa shape index (κ3) is 3.17. The molecular formula is C16H18ClN3O3. The number of imidazole rings is 1. The Morgan fingerprint density at radius 3 is 2.78 bits per heavy atom. The van der Waals surface area contributed by atoms with Crippen molar-refractivity contribution in [3.8, 4) is 0 Å². The summed E-state index contributed by atoms with van der Waals surface area (Å²) in [6.07, 6.45) is 2.74. The number of aldehydes is 1. The number of nitrogens with one attached hydrogen (secondary N) is 1. The molecule has 1 aromatic carbocycles. The third-order valence-corrected chi connectivity index (χ3v) is 4.57. The van der Waals surface area contributed by atoms with Gasteiger partial charge < -0.3 is 14.7 Å². The fraction of sp³-hybridized carbons (Fsp3) is 0.438. The fourth-order valence-corrected chi connectivity index (χ4v) is 3.35. The van der Waals surface area contributed by atoms with Crippen molar-refractivity contribution < 1.29 is 9.59 Å². The van der Waals surface area contributed by atoms with E-state index in [0.717, 1.165) is 30.2 Å². The van der Waals surface area contributed by atoms with Crippen LogP contribution in [0.3, 0.4) is 0 Å². The number of aromatic amines is 1. The highest BCUT2D eigenvalue weighted by atomic mass is 35.5. The highest BCUT2D eigenvalue weighted by Gasteiger charge is 2.25. The number of aromatic nitrogens is 2. The maximum atomic E-state index is 12.3. The van der Waals surface area contributed by atoms with E-state index in [0.29, 0.717) is 18.1 Å². The van der Waals surface area contributed by atoms with Crippen LogP contribution in [0.4, 0.5) is 0 Å². The molecule has 1 aromatic heterocycles. The standard InChI is InChI=1S/C16H18ClN3O3/c17-11-3-4-14-13(10-11)18-16(23)20(14)12-5-7-19(8-6-12)15(22)2-1-9-21/h3-4,9-10,12H,1-2,5-8H2,(H,18,23). The minimum absolute atomic E-state index is 0.00797. The molecule has 1 aliphatic heterocycles. The predicted octanol–water partition coefficient (Wildman–Crippen LogP) is 2.13. The lowest BCUT2D eigenvalue weighted by Gasteiger charge is -2.32. The minimum atomic E-state index is -0.145. The zero-order valence-electron chi connectivity index (χ0n) is 12.6. The lowest BCUT2D eigenvalue weighted by molar-refractivity contribution is -0.133. The Bertz CT molecular complexity index is 787. The predicted molar refractivity (Wildman–Crippen MR) is 87.7 cm³/mol. The Morgan fingerprint density at radius 2 is 2.09 bits per heavy atom. The first-order chi connectivity index (χ1) is 11.1. The van der Waals surface area contributed by atoms with Gasteiger partial charge in [0.2, 0.25) is 5.91 Å². The van der Waals surface area contributed by atoms with Crippen molar-refractivity contribution in [1.29, 1.82) is 0 Å². The highest BCUT2D eigenvalue weighted by molar-refractivity contribution is 6.31. The molecule has 1 aliphatic rings. The van der Waals surface area contributed by atoms with Crippen LogP contribution in [0.5, 0.6) is 0 Å². The van der Waals surface area contributed by atoms with Crippen molar-refractivity contribution in [2.24, 2.45) is 0 Å². The van der Waals surface area contributed by atoms with E-state index in [2.05, 4.69) is 4.98 Å². The van der Waals surface area contributed by atoms with Gasteiger partial charge in [-0.15, -0.1) is 0 Å². The Hall–Kier alpha value is -2.08. The number of hydrogen-bond acceptors (Lipinski definition) is 3. The number of piperidine rings is 1. The van der Waals surface area contributed by atoms with Gasteiger partial charge in [-0.25, -0.2) is 4.79 Å². The van der Waals surface area contributed by atoms with Gasteiger partial charge in [-0.05, 0) is 31.0 Å². The van der Waals surface area contributed by atoms with Crippen molar-refractivity contribution in [2.45, 2.75) is 31.7 Å². The highest BCUT2D eigenvalue weighted by Crippen LogP contribution is 2.26. The van der Waals surface area contributed by atoms with Crippen LogP contribution in [0, 0.1) is 0 Å². The first-order valence-corrected chi connectivity index (χ1v) is 8.09. The molecule has 3 rings (SSSR count). The van der Waals surface area contributed by atoms with Gasteiger partial charge >= 0.3 is 5.69 Å². The molecule has 0 saturated carbocycles. The molecule has 0 atom stereocenters. The zero-order chi connectivity index (χ0) is 16.4. The number of H-pyrrole nitrogens is 1. The number of amides is 1. The topological polar surface area (TPSA) is 75.2 Å². The van der Waals surface area contributed by atoms with Gasteiger partial charge in [-0.1, -0.05) is 11.6 Å². The molecule has 2 heterocycles. The fourth-order valence-electron chi connectivity index (χ4n) is 3.18. The second kappa shape index (κ2) is 6.58. The van der Waals surface area contributed by atoms with E-state index in [4.69, 9.17) is 11.6 Å². The summed E-state index contributed by atoms with van der Waals surface area (Å²) in [7, 11) is 0. The largest absolute Gasteiger partial charge is 0.343 e. The van der Waals surface area contributed by atoms with E-state index < -0.39 is 0 Å². The first-order valence-electron chi connectivity index (χ1n) is 7.71. The Morgan fingerprint density at radius 1 is 1.35 bits per heavy atom. The van der Waals surface area contributed by atoms with Crippen LogP contribution >= 0.6 is 11.6 Å². The van der Waals surface area contributed by atoms with Crippen molar-refractivity contribution >= 4 is 34.8 Å². The molecule has 1 amide bonds. The van der Waals surface area contributed by atoms with E-state index in [1.807, 2.05) is 6.07 Å². The average Bonchev–Trinajstić information content (AvgIpc) is 2.87. The quantitative estimate of drug-likeness (QED) is 0.870. The summed E-state index contributed by atoms with van der Waals surface area (Å²) in [6.45, 7) is 1.21. The number of rotatable bonds is 4. The second-order valence-electron chi connectivity index (χ2n) is 5.78. The summed E-state index contributed by atoms with van der Waals surface area (Å²) < 4.78 is 1.76. The van der Waals surface area contributed by atoms with Gasteiger partial charge in [0.15, 0.2) is 0 Å². The normalized spacial score (nSPS) is 16.0. The van der Waals surface area contributed by atoms with Gasteiger partial charge in [0.25, 0.3) is 0 Å². The van der Waals surface area contributed by atoms with Crippen molar-refractivity contribution in [2.75, 3.05) is 13.1 Å². The van der Waals surface area contributed by atoms with Crippen molar-refractivity contribution in [3.63, 3.8) is 0 Å². The summed E-state index contributed by atoms with van der Waals surface area (Å²) in [6, 6.07) is 5.42. The Kier molecular flexibility index (Phi) is 4.52. The third-order valence-electron chi connectivity index (χ3n) is 4.34. The van der Waals surface area contributed by atoms with Gasteiger partial charge in [-0.3, -0.25) is 9.36 Å². The SMILES string of the molecule is O=CCCC(=O)N1CCC(n2c(=O)[nH]c3cc(Cl)ccc32)CC1. The van der Waals surface area contributed by atoms with Gasteiger partial charge in [0.1, 0.15) is 6.29 Å². The number of carbonyl (C=O) groups is 2.